The Hall–Kier alpha value is -0.590. The molecule has 0 heterocycles. The van der Waals surface area contributed by atoms with E-state index in [1.54, 1.807) is 6.92 Å². The molecule has 1 aliphatic carbocycles. The Morgan fingerprint density at radius 2 is 1.42 bits per heavy atom. The average molecular weight is 166 g/mol. The largest absolute Gasteiger partial charge is 0.299 e. The summed E-state index contributed by atoms with van der Waals surface area (Å²) in [5.41, 5.74) is 2.80. The minimum absolute atomic E-state index is 0.213. The number of allylic oxidation sites excluding steroid dienone is 2. The van der Waals surface area contributed by atoms with E-state index in [0.29, 0.717) is 17.6 Å². The van der Waals surface area contributed by atoms with Gasteiger partial charge in [-0.3, -0.25) is 4.79 Å². The first kappa shape index (κ1) is 9.50. The van der Waals surface area contributed by atoms with Crippen molar-refractivity contribution >= 4 is 5.78 Å². The van der Waals surface area contributed by atoms with Crippen molar-refractivity contribution in [3.63, 3.8) is 0 Å². The maximum atomic E-state index is 11.2. The summed E-state index contributed by atoms with van der Waals surface area (Å²) in [6.45, 7) is 10.4. The van der Waals surface area contributed by atoms with E-state index in [1.165, 1.54) is 11.1 Å². The predicted molar refractivity (Wildman–Crippen MR) is 50.9 cm³/mol. The van der Waals surface area contributed by atoms with Crippen LogP contribution in [0.2, 0.25) is 0 Å². The summed E-state index contributed by atoms with van der Waals surface area (Å²) in [6, 6.07) is 0. The van der Waals surface area contributed by atoms with Crippen molar-refractivity contribution < 1.29 is 4.79 Å². The summed E-state index contributed by atoms with van der Waals surface area (Å²) in [5.74, 6) is 1.64. The molecule has 0 aromatic carbocycles. The quantitative estimate of drug-likeness (QED) is 0.589. The Morgan fingerprint density at radius 3 is 1.50 bits per heavy atom. The lowest BCUT2D eigenvalue weighted by molar-refractivity contribution is -0.117. The molecule has 0 aliphatic heterocycles. The zero-order chi connectivity index (χ0) is 9.46. The van der Waals surface area contributed by atoms with Crippen LogP contribution < -0.4 is 0 Å². The molecule has 68 valence electrons. The highest BCUT2D eigenvalue weighted by atomic mass is 16.1. The fourth-order valence-corrected chi connectivity index (χ4v) is 2.03. The van der Waals surface area contributed by atoms with Gasteiger partial charge in [0.05, 0.1) is 5.92 Å². The van der Waals surface area contributed by atoms with E-state index in [1.807, 2.05) is 0 Å². The van der Waals surface area contributed by atoms with Crippen molar-refractivity contribution in [2.45, 2.75) is 34.6 Å². The van der Waals surface area contributed by atoms with E-state index >= 15 is 0 Å². The molecule has 0 radical (unpaired) electrons. The standard InChI is InChI=1S/C11H18O/c1-6(2)9-10(7(3)4)11(9)8(5)12/h6-7,11H,1-5H3. The maximum Gasteiger partial charge on any atom is 0.141 e. The van der Waals surface area contributed by atoms with Crippen LogP contribution in [0.15, 0.2) is 11.1 Å². The summed E-state index contributed by atoms with van der Waals surface area (Å²) < 4.78 is 0. The first-order chi connectivity index (χ1) is 5.46. The predicted octanol–water partition coefficient (Wildman–Crippen LogP) is 2.81. The molecule has 0 spiro atoms. The Bertz CT molecular complexity index is 215. The summed E-state index contributed by atoms with van der Waals surface area (Å²) in [5, 5.41) is 0. The molecule has 0 aromatic heterocycles. The SMILES string of the molecule is CC(=O)C1C(C(C)C)=C1C(C)C. The monoisotopic (exact) mass is 166 g/mol. The van der Waals surface area contributed by atoms with Gasteiger partial charge in [0.2, 0.25) is 0 Å². The van der Waals surface area contributed by atoms with E-state index in [-0.39, 0.29) is 5.92 Å². The Kier molecular flexibility index (Phi) is 2.41. The molecule has 0 bridgehead atoms. The fraction of sp³-hybridized carbons (Fsp3) is 0.727. The highest BCUT2D eigenvalue weighted by Crippen LogP contribution is 2.48. The highest BCUT2D eigenvalue weighted by Gasteiger charge is 2.42. The van der Waals surface area contributed by atoms with Crippen LogP contribution in [-0.4, -0.2) is 5.78 Å². The molecule has 1 heteroatoms. The number of ketones is 1. The van der Waals surface area contributed by atoms with Gasteiger partial charge in [-0.15, -0.1) is 0 Å². The van der Waals surface area contributed by atoms with Gasteiger partial charge in [-0.2, -0.15) is 0 Å². The van der Waals surface area contributed by atoms with E-state index in [9.17, 15) is 4.79 Å². The van der Waals surface area contributed by atoms with Crippen molar-refractivity contribution in [1.82, 2.24) is 0 Å². The Balaban J connectivity index is 2.75. The van der Waals surface area contributed by atoms with Crippen LogP contribution in [0, 0.1) is 17.8 Å². The van der Waals surface area contributed by atoms with Gasteiger partial charge in [0.15, 0.2) is 0 Å². The number of rotatable bonds is 3. The lowest BCUT2D eigenvalue weighted by atomic mass is 10.0. The Labute approximate surface area is 74.9 Å². The van der Waals surface area contributed by atoms with Gasteiger partial charge in [0.1, 0.15) is 5.78 Å². The van der Waals surface area contributed by atoms with Gasteiger partial charge in [0, 0.05) is 0 Å². The van der Waals surface area contributed by atoms with Gasteiger partial charge in [-0.05, 0) is 18.8 Å². The van der Waals surface area contributed by atoms with Crippen LogP contribution >= 0.6 is 0 Å². The highest BCUT2D eigenvalue weighted by molar-refractivity contribution is 5.90. The fourth-order valence-electron chi connectivity index (χ4n) is 2.03. The molecule has 0 saturated heterocycles. The van der Waals surface area contributed by atoms with Crippen molar-refractivity contribution in [2.24, 2.45) is 17.8 Å². The van der Waals surface area contributed by atoms with Crippen LogP contribution in [0.25, 0.3) is 0 Å². The molecular formula is C11H18O. The van der Waals surface area contributed by atoms with Crippen LogP contribution in [0.1, 0.15) is 34.6 Å². The normalized spacial score (nSPS) is 17.9. The van der Waals surface area contributed by atoms with Crippen LogP contribution in [0.4, 0.5) is 0 Å². The summed E-state index contributed by atoms with van der Waals surface area (Å²) in [7, 11) is 0. The topological polar surface area (TPSA) is 17.1 Å². The van der Waals surface area contributed by atoms with Crippen LogP contribution in [0.3, 0.4) is 0 Å². The number of carbonyl (C=O) groups is 1. The van der Waals surface area contributed by atoms with Crippen LogP contribution in [0.5, 0.6) is 0 Å². The molecule has 0 aromatic rings. The van der Waals surface area contributed by atoms with Gasteiger partial charge in [-0.1, -0.05) is 38.8 Å². The van der Waals surface area contributed by atoms with E-state index in [0.717, 1.165) is 0 Å². The van der Waals surface area contributed by atoms with Gasteiger partial charge >= 0.3 is 0 Å². The zero-order valence-electron chi connectivity index (χ0n) is 8.64. The number of hydrogen-bond donors (Lipinski definition) is 0. The first-order valence-electron chi connectivity index (χ1n) is 4.71. The lowest BCUT2D eigenvalue weighted by Crippen LogP contribution is -2.01. The molecule has 12 heavy (non-hydrogen) atoms. The molecular weight excluding hydrogens is 148 g/mol. The molecule has 0 atom stereocenters. The van der Waals surface area contributed by atoms with Gasteiger partial charge < -0.3 is 0 Å². The summed E-state index contributed by atoms with van der Waals surface area (Å²) in [6.07, 6.45) is 0. The zero-order valence-corrected chi connectivity index (χ0v) is 8.64. The summed E-state index contributed by atoms with van der Waals surface area (Å²) >= 11 is 0. The van der Waals surface area contributed by atoms with E-state index in [4.69, 9.17) is 0 Å². The molecule has 0 unspecified atom stereocenters. The van der Waals surface area contributed by atoms with Crippen LogP contribution in [-0.2, 0) is 4.79 Å². The number of carbonyl (C=O) groups excluding carboxylic acids is 1. The number of hydrogen-bond acceptors (Lipinski definition) is 1. The van der Waals surface area contributed by atoms with Gasteiger partial charge in [-0.25, -0.2) is 0 Å². The summed E-state index contributed by atoms with van der Waals surface area (Å²) in [4.78, 5) is 11.2. The van der Waals surface area contributed by atoms with Crippen molar-refractivity contribution in [3.8, 4) is 0 Å². The number of Topliss-reactive ketones (excluding diaryl/α,β-unsaturated/α-hetero) is 1. The second-order valence-electron chi connectivity index (χ2n) is 4.26. The van der Waals surface area contributed by atoms with Crippen molar-refractivity contribution in [3.05, 3.63) is 11.1 Å². The molecule has 0 amide bonds. The molecule has 0 N–H and O–H groups in total. The molecule has 1 aliphatic rings. The van der Waals surface area contributed by atoms with E-state index < -0.39 is 0 Å². The second-order valence-corrected chi connectivity index (χ2v) is 4.26. The van der Waals surface area contributed by atoms with E-state index in [2.05, 4.69) is 27.7 Å². The smallest absolute Gasteiger partial charge is 0.141 e. The third-order valence-corrected chi connectivity index (χ3v) is 2.52. The molecule has 1 rings (SSSR count). The third-order valence-electron chi connectivity index (χ3n) is 2.52. The van der Waals surface area contributed by atoms with Crippen molar-refractivity contribution in [1.29, 1.82) is 0 Å². The first-order valence-corrected chi connectivity index (χ1v) is 4.71. The minimum Gasteiger partial charge on any atom is -0.299 e. The van der Waals surface area contributed by atoms with Crippen molar-refractivity contribution in [2.75, 3.05) is 0 Å². The average Bonchev–Trinajstić information content (AvgIpc) is 2.58. The third kappa shape index (κ3) is 1.45. The molecule has 0 fully saturated rings. The molecule has 0 saturated carbocycles. The molecule has 1 nitrogen and oxygen atoms in total. The lowest BCUT2D eigenvalue weighted by Gasteiger charge is -1.98. The van der Waals surface area contributed by atoms with Gasteiger partial charge in [0.25, 0.3) is 0 Å². The second kappa shape index (κ2) is 3.04. The Morgan fingerprint density at radius 1 is 1.08 bits per heavy atom. The maximum absolute atomic E-state index is 11.2. The minimum atomic E-state index is 0.213.